The van der Waals surface area contributed by atoms with Gasteiger partial charge in [-0.1, -0.05) is 13.8 Å². The van der Waals surface area contributed by atoms with E-state index in [9.17, 15) is 4.79 Å². The number of hydrogen-bond acceptors (Lipinski definition) is 5. The summed E-state index contributed by atoms with van der Waals surface area (Å²) in [5.74, 6) is 1.55. The summed E-state index contributed by atoms with van der Waals surface area (Å²) in [5, 5.41) is 5.79. The summed E-state index contributed by atoms with van der Waals surface area (Å²) in [7, 11) is 3.65. The number of hydrogen-bond donors (Lipinski definition) is 1. The number of amides is 1. The van der Waals surface area contributed by atoms with Crippen molar-refractivity contribution in [3.63, 3.8) is 0 Å². The SMILES string of the molecule is COc1cc2c(cc1CC(C)C)N1C(=C(C(=O)N(C)C(C)(C)C)NC1c1sccc1C)CC2. The second-order valence-corrected chi connectivity index (χ2v) is 11.6. The molecule has 4 rings (SSSR count). The van der Waals surface area contributed by atoms with Crippen molar-refractivity contribution in [2.45, 2.75) is 72.5 Å². The van der Waals surface area contributed by atoms with Gasteiger partial charge in [-0.2, -0.15) is 0 Å². The van der Waals surface area contributed by atoms with Crippen molar-refractivity contribution in [1.82, 2.24) is 10.2 Å². The molecule has 33 heavy (non-hydrogen) atoms. The molecule has 2 aliphatic heterocycles. The lowest BCUT2D eigenvalue weighted by Crippen LogP contribution is -2.45. The summed E-state index contributed by atoms with van der Waals surface area (Å²) in [6, 6.07) is 6.67. The van der Waals surface area contributed by atoms with E-state index in [1.807, 2.05) is 11.9 Å². The fourth-order valence-electron chi connectivity index (χ4n) is 4.72. The van der Waals surface area contributed by atoms with Crippen LogP contribution in [0.1, 0.15) is 68.8 Å². The highest BCUT2D eigenvalue weighted by molar-refractivity contribution is 7.10. The Balaban J connectivity index is 1.86. The number of fused-ring (bicyclic) bond motifs is 3. The fraction of sp³-hybridized carbons (Fsp3) is 0.519. The van der Waals surface area contributed by atoms with Crippen LogP contribution in [0.15, 0.2) is 35.0 Å². The third-order valence-corrected chi connectivity index (χ3v) is 7.87. The number of ether oxygens (including phenoxy) is 1. The zero-order valence-corrected chi connectivity index (χ0v) is 22.0. The Morgan fingerprint density at radius 2 is 2.03 bits per heavy atom. The second-order valence-electron chi connectivity index (χ2n) is 10.6. The smallest absolute Gasteiger partial charge is 0.271 e. The van der Waals surface area contributed by atoms with Crippen LogP contribution in [0.4, 0.5) is 5.69 Å². The van der Waals surface area contributed by atoms with Crippen LogP contribution in [0.3, 0.4) is 0 Å². The van der Waals surface area contributed by atoms with Crippen LogP contribution in [-0.2, 0) is 17.6 Å². The lowest BCUT2D eigenvalue weighted by Gasteiger charge is -2.35. The molecular formula is C27H37N3O2S. The minimum Gasteiger partial charge on any atom is -0.496 e. The molecule has 0 saturated carbocycles. The van der Waals surface area contributed by atoms with E-state index in [4.69, 9.17) is 4.74 Å². The zero-order chi connectivity index (χ0) is 24.1. The summed E-state index contributed by atoms with van der Waals surface area (Å²) in [4.78, 5) is 19.1. The first-order valence-corrected chi connectivity index (χ1v) is 12.7. The number of aryl methyl sites for hydroxylation is 2. The minimum absolute atomic E-state index is 0.0542. The number of methoxy groups -OCH3 is 1. The topological polar surface area (TPSA) is 44.8 Å². The van der Waals surface area contributed by atoms with Gasteiger partial charge in [-0.15, -0.1) is 11.3 Å². The van der Waals surface area contributed by atoms with Gasteiger partial charge < -0.3 is 19.9 Å². The molecule has 0 spiro atoms. The van der Waals surface area contributed by atoms with Gasteiger partial charge >= 0.3 is 0 Å². The Bertz CT molecular complexity index is 1090. The molecule has 3 heterocycles. The van der Waals surface area contributed by atoms with Gasteiger partial charge in [-0.3, -0.25) is 4.79 Å². The summed E-state index contributed by atoms with van der Waals surface area (Å²) in [6.07, 6.45) is 2.60. The molecule has 1 aromatic heterocycles. The number of anilines is 1. The standard InChI is InChI=1S/C27H37N3O2S/c1-16(2)13-19-14-21-18(15-22(19)32-8)9-10-20-23(26(31)29(7)27(4,5)6)28-25(30(20)21)24-17(3)11-12-33-24/h11-12,14-16,25,28H,9-10,13H2,1-8H3. The van der Waals surface area contributed by atoms with Crippen LogP contribution in [0, 0.1) is 12.8 Å². The van der Waals surface area contributed by atoms with Gasteiger partial charge in [0.25, 0.3) is 5.91 Å². The number of nitrogens with one attached hydrogen (secondary N) is 1. The molecule has 1 aromatic carbocycles. The molecule has 1 unspecified atom stereocenters. The Morgan fingerprint density at radius 1 is 1.30 bits per heavy atom. The number of likely N-dealkylation sites (N-methyl/N-ethyl adjacent to an activating group) is 1. The zero-order valence-electron chi connectivity index (χ0n) is 21.2. The highest BCUT2D eigenvalue weighted by Crippen LogP contribution is 2.47. The van der Waals surface area contributed by atoms with Crippen molar-refractivity contribution in [1.29, 1.82) is 0 Å². The predicted octanol–water partition coefficient (Wildman–Crippen LogP) is 5.79. The van der Waals surface area contributed by atoms with E-state index in [-0.39, 0.29) is 17.6 Å². The second kappa shape index (κ2) is 8.71. The van der Waals surface area contributed by atoms with E-state index in [0.717, 1.165) is 36.4 Å². The Labute approximate surface area is 202 Å². The van der Waals surface area contributed by atoms with Crippen LogP contribution in [0.2, 0.25) is 0 Å². The molecular weight excluding hydrogens is 430 g/mol. The summed E-state index contributed by atoms with van der Waals surface area (Å²) in [6.45, 7) is 12.8. The molecule has 1 amide bonds. The third kappa shape index (κ3) is 4.25. The lowest BCUT2D eigenvalue weighted by atomic mass is 9.93. The van der Waals surface area contributed by atoms with Crippen molar-refractivity contribution < 1.29 is 9.53 Å². The maximum atomic E-state index is 13.6. The molecule has 6 heteroatoms. The van der Waals surface area contributed by atoms with E-state index >= 15 is 0 Å². The van der Waals surface area contributed by atoms with Gasteiger partial charge in [0.2, 0.25) is 0 Å². The normalized spacial score (nSPS) is 17.7. The number of nitrogens with zero attached hydrogens (tertiary/aromatic N) is 2. The van der Waals surface area contributed by atoms with Crippen LogP contribution in [-0.4, -0.2) is 30.5 Å². The van der Waals surface area contributed by atoms with Crippen LogP contribution in [0.25, 0.3) is 0 Å². The molecule has 0 fully saturated rings. The van der Waals surface area contributed by atoms with E-state index in [2.05, 4.69) is 75.3 Å². The first-order valence-electron chi connectivity index (χ1n) is 11.8. The number of thiophene rings is 1. The van der Waals surface area contributed by atoms with Gasteiger partial charge in [0.05, 0.1) is 12.0 Å². The van der Waals surface area contributed by atoms with Crippen molar-refractivity contribution in [3.05, 3.63) is 56.5 Å². The summed E-state index contributed by atoms with van der Waals surface area (Å²) in [5.41, 5.74) is 6.53. The van der Waals surface area contributed by atoms with Crippen molar-refractivity contribution >= 4 is 22.9 Å². The number of carbonyl (C=O) groups excluding carboxylic acids is 1. The Morgan fingerprint density at radius 3 is 2.61 bits per heavy atom. The molecule has 2 aliphatic rings. The summed E-state index contributed by atoms with van der Waals surface area (Å²) >= 11 is 1.75. The number of allylic oxidation sites excluding steroid dienone is 1. The molecule has 0 saturated heterocycles. The largest absolute Gasteiger partial charge is 0.496 e. The van der Waals surface area contributed by atoms with E-state index < -0.39 is 0 Å². The lowest BCUT2D eigenvalue weighted by molar-refractivity contribution is -0.130. The molecule has 0 radical (unpaired) electrons. The molecule has 5 nitrogen and oxygen atoms in total. The Kier molecular flexibility index (Phi) is 6.25. The molecule has 1 N–H and O–H groups in total. The van der Waals surface area contributed by atoms with Crippen molar-refractivity contribution in [3.8, 4) is 5.75 Å². The van der Waals surface area contributed by atoms with E-state index in [1.165, 1.54) is 27.3 Å². The predicted molar refractivity (Wildman–Crippen MR) is 137 cm³/mol. The number of rotatable bonds is 5. The van der Waals surface area contributed by atoms with Crippen LogP contribution in [0.5, 0.6) is 5.75 Å². The quantitative estimate of drug-likeness (QED) is 0.605. The minimum atomic E-state index is -0.252. The van der Waals surface area contributed by atoms with Crippen LogP contribution < -0.4 is 15.0 Å². The number of carbonyl (C=O) groups is 1. The fourth-order valence-corrected chi connectivity index (χ4v) is 5.68. The van der Waals surface area contributed by atoms with Gasteiger partial charge in [0, 0.05) is 24.0 Å². The third-order valence-electron chi connectivity index (χ3n) is 6.79. The van der Waals surface area contributed by atoms with Crippen LogP contribution >= 0.6 is 11.3 Å². The highest BCUT2D eigenvalue weighted by Gasteiger charge is 2.42. The maximum Gasteiger partial charge on any atom is 0.271 e. The van der Waals surface area contributed by atoms with Gasteiger partial charge in [-0.05, 0) is 93.1 Å². The molecule has 0 aliphatic carbocycles. The van der Waals surface area contributed by atoms with Crippen molar-refractivity contribution in [2.24, 2.45) is 5.92 Å². The Hall–Kier alpha value is -2.47. The van der Waals surface area contributed by atoms with Gasteiger partial charge in [0.1, 0.15) is 17.6 Å². The van der Waals surface area contributed by atoms with Gasteiger partial charge in [-0.25, -0.2) is 0 Å². The molecule has 178 valence electrons. The molecule has 1 atom stereocenters. The molecule has 2 aromatic rings. The highest BCUT2D eigenvalue weighted by atomic mass is 32.1. The monoisotopic (exact) mass is 467 g/mol. The summed E-state index contributed by atoms with van der Waals surface area (Å²) < 4.78 is 5.77. The van der Waals surface area contributed by atoms with E-state index in [1.54, 1.807) is 18.4 Å². The first-order chi connectivity index (χ1) is 15.5. The maximum absolute atomic E-state index is 13.6. The number of benzene rings is 1. The van der Waals surface area contributed by atoms with E-state index in [0.29, 0.717) is 5.92 Å². The average Bonchev–Trinajstić information content (AvgIpc) is 3.34. The molecule has 0 bridgehead atoms. The average molecular weight is 468 g/mol. The first kappa shape index (κ1) is 23.7. The van der Waals surface area contributed by atoms with Gasteiger partial charge in [0.15, 0.2) is 0 Å². The van der Waals surface area contributed by atoms with Crippen molar-refractivity contribution in [2.75, 3.05) is 19.1 Å².